The van der Waals surface area contributed by atoms with Crippen molar-refractivity contribution in [2.45, 2.75) is 20.8 Å². The molecule has 0 unspecified atom stereocenters. The van der Waals surface area contributed by atoms with Crippen molar-refractivity contribution in [1.82, 2.24) is 0 Å². The Morgan fingerprint density at radius 2 is 1.83 bits per heavy atom. The number of nitrogens with zero attached hydrogens (tertiary/aromatic N) is 1. The molecule has 3 rings (SSSR count). The second-order valence-corrected chi connectivity index (χ2v) is 9.24. The van der Waals surface area contributed by atoms with E-state index < -0.39 is 11.9 Å². The zero-order chi connectivity index (χ0) is 25.5. The number of amides is 1. The molecule has 1 heterocycles. The Hall–Kier alpha value is -2.75. The molecule has 1 amide bonds. The molecule has 0 fully saturated rings. The quantitative estimate of drug-likeness (QED) is 0.352. The lowest BCUT2D eigenvalue weighted by molar-refractivity contribution is -0.138. The van der Waals surface area contributed by atoms with Crippen molar-refractivity contribution in [3.63, 3.8) is 0 Å². The van der Waals surface area contributed by atoms with Gasteiger partial charge in [0.15, 0.2) is 11.5 Å². The van der Waals surface area contributed by atoms with E-state index in [1.165, 1.54) is 6.07 Å². The number of thioether (sulfide) groups is 1. The third kappa shape index (κ3) is 6.28. The number of esters is 1. The fraction of sp³-hybridized carbons (Fsp3) is 0.240. The van der Waals surface area contributed by atoms with Gasteiger partial charge in [-0.2, -0.15) is 0 Å². The molecule has 0 aromatic heterocycles. The van der Waals surface area contributed by atoms with Crippen LogP contribution in [0.15, 0.2) is 62.1 Å². The van der Waals surface area contributed by atoms with Gasteiger partial charge < -0.3 is 19.3 Å². The average molecular weight is 581 g/mol. The minimum Gasteiger partial charge on any atom is -0.506 e. The summed E-state index contributed by atoms with van der Waals surface area (Å²) in [6.07, 6.45) is 1.66. The molecule has 10 heteroatoms. The van der Waals surface area contributed by atoms with Crippen LogP contribution in [0.2, 0.25) is 5.02 Å². The fourth-order valence-corrected chi connectivity index (χ4v) is 4.95. The van der Waals surface area contributed by atoms with Crippen molar-refractivity contribution >= 4 is 62.3 Å². The molecule has 1 aliphatic rings. The minimum absolute atomic E-state index is 0.0205. The maximum Gasteiger partial charge on any atom is 0.344 e. The molecule has 1 aliphatic heterocycles. The molecule has 0 bridgehead atoms. The van der Waals surface area contributed by atoms with Crippen LogP contribution in [0.4, 0.5) is 0 Å². The van der Waals surface area contributed by atoms with Crippen LogP contribution in [-0.2, 0) is 9.53 Å². The van der Waals surface area contributed by atoms with Gasteiger partial charge in [-0.25, -0.2) is 9.79 Å². The molecule has 0 saturated carbocycles. The first-order valence-electron chi connectivity index (χ1n) is 10.8. The smallest absolute Gasteiger partial charge is 0.344 e. The first kappa shape index (κ1) is 26.8. The number of aliphatic imine (C=N–C) groups is 1. The third-order valence-electron chi connectivity index (χ3n) is 4.60. The van der Waals surface area contributed by atoms with E-state index in [1.807, 2.05) is 13.8 Å². The predicted molar refractivity (Wildman–Crippen MR) is 142 cm³/mol. The third-order valence-corrected chi connectivity index (χ3v) is 6.53. The Kier molecular flexibility index (Phi) is 9.42. The van der Waals surface area contributed by atoms with E-state index in [9.17, 15) is 14.7 Å². The highest BCUT2D eigenvalue weighted by atomic mass is 79.9. The van der Waals surface area contributed by atoms with Crippen molar-refractivity contribution in [2.75, 3.05) is 19.8 Å². The summed E-state index contributed by atoms with van der Waals surface area (Å²) in [5.74, 6) is -0.668. The number of hydrogen-bond acceptors (Lipinski definition) is 7. The molecule has 1 N–H and O–H groups in total. The number of hydrogen-bond donors (Lipinski definition) is 1. The van der Waals surface area contributed by atoms with Crippen molar-refractivity contribution in [2.24, 2.45) is 4.99 Å². The van der Waals surface area contributed by atoms with Crippen molar-refractivity contribution in [3.8, 4) is 11.5 Å². The number of rotatable bonds is 8. The lowest BCUT2D eigenvalue weighted by Gasteiger charge is -2.13. The summed E-state index contributed by atoms with van der Waals surface area (Å²) in [4.78, 5) is 29.8. The summed E-state index contributed by atoms with van der Waals surface area (Å²) in [7, 11) is 0. The average Bonchev–Trinajstić information content (AvgIpc) is 3.11. The van der Waals surface area contributed by atoms with E-state index in [2.05, 4.69) is 20.9 Å². The molecule has 0 aliphatic carbocycles. The van der Waals surface area contributed by atoms with E-state index in [-0.39, 0.29) is 33.6 Å². The van der Waals surface area contributed by atoms with Crippen LogP contribution >= 0.6 is 39.3 Å². The summed E-state index contributed by atoms with van der Waals surface area (Å²) >= 11 is 10.6. The molecule has 35 heavy (non-hydrogen) atoms. The van der Waals surface area contributed by atoms with Gasteiger partial charge in [0.2, 0.25) is 0 Å². The van der Waals surface area contributed by atoms with Gasteiger partial charge in [0.25, 0.3) is 5.91 Å². The highest BCUT2D eigenvalue weighted by molar-refractivity contribution is 9.10. The summed E-state index contributed by atoms with van der Waals surface area (Å²) in [6, 6.07) is 10.0. The standard InChI is InChI=1S/C25H23BrClNO6S/c1-4-32-18-12-14(11-16(26)22(18)33-5-2)13-19-21(29)20(25(31)34-6-3)24(35-19)28-23(30)15-9-7-8-10-17(15)27/h7-13,29H,4-6H2,1-3H3/b19-13-,28-24?. The first-order chi connectivity index (χ1) is 16.8. The van der Waals surface area contributed by atoms with E-state index in [1.54, 1.807) is 43.3 Å². The van der Waals surface area contributed by atoms with Crippen LogP contribution in [0.5, 0.6) is 11.5 Å². The Morgan fingerprint density at radius 3 is 2.49 bits per heavy atom. The summed E-state index contributed by atoms with van der Waals surface area (Å²) in [5, 5.41) is 11.2. The molecule has 2 aromatic carbocycles. The van der Waals surface area contributed by atoms with Gasteiger partial charge in [-0.15, -0.1) is 0 Å². The molecule has 0 spiro atoms. The van der Waals surface area contributed by atoms with Gasteiger partial charge in [0.05, 0.1) is 39.8 Å². The SMILES string of the molecule is CCOC(=O)C1=C(O)/C(=C/c2cc(Br)c(OCC)c(OCC)c2)SC1=NC(=O)c1ccccc1Cl. The molecule has 7 nitrogen and oxygen atoms in total. The van der Waals surface area contributed by atoms with Crippen LogP contribution in [0, 0.1) is 0 Å². The van der Waals surface area contributed by atoms with Crippen molar-refractivity contribution < 1.29 is 28.9 Å². The molecule has 0 atom stereocenters. The predicted octanol–water partition coefficient (Wildman–Crippen LogP) is 6.60. The Morgan fingerprint density at radius 1 is 1.11 bits per heavy atom. The van der Waals surface area contributed by atoms with E-state index >= 15 is 0 Å². The van der Waals surface area contributed by atoms with Crippen LogP contribution in [0.1, 0.15) is 36.7 Å². The Bertz CT molecular complexity index is 1240. The fourth-order valence-electron chi connectivity index (χ4n) is 3.15. The number of halogens is 2. The zero-order valence-corrected chi connectivity index (χ0v) is 22.4. The van der Waals surface area contributed by atoms with Gasteiger partial charge in [-0.3, -0.25) is 4.79 Å². The number of aliphatic hydroxyl groups is 1. The lowest BCUT2D eigenvalue weighted by Crippen LogP contribution is -2.14. The topological polar surface area (TPSA) is 94.4 Å². The normalized spacial score (nSPS) is 15.6. The number of aliphatic hydroxyl groups excluding tert-OH is 1. The zero-order valence-electron chi connectivity index (χ0n) is 19.3. The molecule has 0 radical (unpaired) electrons. The van der Waals surface area contributed by atoms with E-state index in [0.29, 0.717) is 39.7 Å². The van der Waals surface area contributed by atoms with Gasteiger partial charge in [0.1, 0.15) is 16.4 Å². The summed E-state index contributed by atoms with van der Waals surface area (Å²) < 4.78 is 17.1. The van der Waals surface area contributed by atoms with Crippen molar-refractivity contribution in [3.05, 3.63) is 73.3 Å². The Balaban J connectivity index is 2.06. The summed E-state index contributed by atoms with van der Waals surface area (Å²) in [5.41, 5.74) is 0.664. The molecule has 2 aromatic rings. The van der Waals surface area contributed by atoms with Gasteiger partial charge in [-0.05, 0) is 72.6 Å². The summed E-state index contributed by atoms with van der Waals surface area (Å²) in [6.45, 7) is 6.36. The number of benzene rings is 2. The van der Waals surface area contributed by atoms with E-state index in [4.69, 9.17) is 25.8 Å². The molecular weight excluding hydrogens is 558 g/mol. The number of carbonyl (C=O) groups is 2. The minimum atomic E-state index is -0.783. The monoisotopic (exact) mass is 579 g/mol. The molecule has 0 saturated heterocycles. The lowest BCUT2D eigenvalue weighted by atomic mass is 10.1. The molecule has 184 valence electrons. The van der Waals surface area contributed by atoms with Crippen molar-refractivity contribution in [1.29, 1.82) is 0 Å². The van der Waals surface area contributed by atoms with Gasteiger partial charge in [-0.1, -0.05) is 35.5 Å². The maximum absolute atomic E-state index is 12.8. The van der Waals surface area contributed by atoms with Crippen LogP contribution < -0.4 is 9.47 Å². The largest absolute Gasteiger partial charge is 0.506 e. The van der Waals surface area contributed by atoms with Crippen LogP contribution in [0.25, 0.3) is 6.08 Å². The highest BCUT2D eigenvalue weighted by Crippen LogP contribution is 2.42. The highest BCUT2D eigenvalue weighted by Gasteiger charge is 2.34. The molecular formula is C25H23BrClNO6S. The van der Waals surface area contributed by atoms with Gasteiger partial charge in [0, 0.05) is 0 Å². The second kappa shape index (κ2) is 12.3. The van der Waals surface area contributed by atoms with Gasteiger partial charge >= 0.3 is 5.97 Å². The number of ether oxygens (including phenoxy) is 3. The first-order valence-corrected chi connectivity index (χ1v) is 12.8. The van der Waals surface area contributed by atoms with E-state index in [0.717, 1.165) is 11.8 Å². The van der Waals surface area contributed by atoms with Crippen LogP contribution in [-0.4, -0.2) is 41.8 Å². The number of carbonyl (C=O) groups excluding carboxylic acids is 2. The Labute approximate surface area is 220 Å². The second-order valence-electron chi connectivity index (χ2n) is 6.95. The van der Waals surface area contributed by atoms with Crippen LogP contribution in [0.3, 0.4) is 0 Å². The maximum atomic E-state index is 12.8.